The summed E-state index contributed by atoms with van der Waals surface area (Å²) in [6.07, 6.45) is 1.67. The van der Waals surface area contributed by atoms with Crippen LogP contribution in [0.3, 0.4) is 0 Å². The lowest BCUT2D eigenvalue weighted by Crippen LogP contribution is -2.20. The van der Waals surface area contributed by atoms with Crippen LogP contribution in [0.25, 0.3) is 10.9 Å². The van der Waals surface area contributed by atoms with Crippen LogP contribution in [0.1, 0.15) is 5.56 Å². The van der Waals surface area contributed by atoms with E-state index < -0.39 is 0 Å². The highest BCUT2D eigenvalue weighted by Gasteiger charge is 2.12. The molecule has 1 aromatic heterocycles. The number of halogens is 1. The first kappa shape index (κ1) is 12.7. The quantitative estimate of drug-likeness (QED) is 0.732. The lowest BCUT2D eigenvalue weighted by atomic mass is 10.2. The maximum Gasteiger partial charge on any atom is 0.347 e. The lowest BCUT2D eigenvalue weighted by molar-refractivity contribution is 0.252. The van der Waals surface area contributed by atoms with Gasteiger partial charge in [0.25, 0.3) is 0 Å². The normalized spacial score (nSPS) is 10.7. The van der Waals surface area contributed by atoms with E-state index in [1.807, 2.05) is 37.3 Å². The standard InChI is InChI=1S/C15H12ClN3O/c1-10-6-7-11-9-17-19(14(11)8-10)15(20)18-13-5-3-2-4-12(13)16/h2-9H,1H3,(H,18,20). The molecule has 0 spiro atoms. The Kier molecular flexibility index (Phi) is 3.16. The van der Waals surface area contributed by atoms with Gasteiger partial charge in [0.2, 0.25) is 0 Å². The topological polar surface area (TPSA) is 46.9 Å². The second-order valence-corrected chi connectivity index (χ2v) is 4.94. The monoisotopic (exact) mass is 285 g/mol. The molecule has 1 amide bonds. The summed E-state index contributed by atoms with van der Waals surface area (Å²) in [6, 6.07) is 12.6. The summed E-state index contributed by atoms with van der Waals surface area (Å²) in [4.78, 5) is 12.3. The molecule has 4 nitrogen and oxygen atoms in total. The van der Waals surface area contributed by atoms with Gasteiger partial charge in [0.1, 0.15) is 0 Å². The zero-order chi connectivity index (χ0) is 14.1. The Balaban J connectivity index is 1.97. The Labute approximate surface area is 121 Å². The average Bonchev–Trinajstić information content (AvgIpc) is 2.84. The van der Waals surface area contributed by atoms with E-state index >= 15 is 0 Å². The van der Waals surface area contributed by atoms with E-state index in [0.717, 1.165) is 16.5 Å². The Hall–Kier alpha value is -2.33. The molecule has 5 heteroatoms. The molecule has 3 aromatic rings. The van der Waals surface area contributed by atoms with Gasteiger partial charge in [-0.3, -0.25) is 0 Å². The maximum atomic E-state index is 12.3. The molecular formula is C15H12ClN3O. The highest BCUT2D eigenvalue weighted by atomic mass is 35.5. The molecule has 1 N–H and O–H groups in total. The molecular weight excluding hydrogens is 274 g/mol. The number of anilines is 1. The maximum absolute atomic E-state index is 12.3. The number of hydrogen-bond donors (Lipinski definition) is 1. The van der Waals surface area contributed by atoms with Crippen molar-refractivity contribution in [3.8, 4) is 0 Å². The van der Waals surface area contributed by atoms with Crippen molar-refractivity contribution in [3.63, 3.8) is 0 Å². The second-order valence-electron chi connectivity index (χ2n) is 4.53. The molecule has 0 aliphatic carbocycles. The minimum atomic E-state index is -0.335. The first-order valence-corrected chi connectivity index (χ1v) is 6.53. The molecule has 100 valence electrons. The highest BCUT2D eigenvalue weighted by molar-refractivity contribution is 6.33. The number of rotatable bonds is 1. The van der Waals surface area contributed by atoms with Crippen LogP contribution < -0.4 is 5.32 Å². The molecule has 0 fully saturated rings. The SMILES string of the molecule is Cc1ccc2cnn(C(=O)Nc3ccccc3Cl)c2c1. The first-order valence-electron chi connectivity index (χ1n) is 6.15. The summed E-state index contributed by atoms with van der Waals surface area (Å²) < 4.78 is 1.34. The predicted octanol–water partition coefficient (Wildman–Crippen LogP) is 4.08. The van der Waals surface area contributed by atoms with E-state index in [0.29, 0.717) is 10.7 Å². The van der Waals surface area contributed by atoms with E-state index in [1.54, 1.807) is 18.3 Å². The van der Waals surface area contributed by atoms with E-state index in [4.69, 9.17) is 11.6 Å². The van der Waals surface area contributed by atoms with Crippen LogP contribution in [0, 0.1) is 6.92 Å². The molecule has 0 saturated carbocycles. The van der Waals surface area contributed by atoms with Crippen molar-refractivity contribution in [2.45, 2.75) is 6.92 Å². The molecule has 0 saturated heterocycles. The van der Waals surface area contributed by atoms with Crippen molar-refractivity contribution in [1.82, 2.24) is 9.78 Å². The second kappa shape index (κ2) is 4.98. The number of benzene rings is 2. The third kappa shape index (κ3) is 2.26. The van der Waals surface area contributed by atoms with Gasteiger partial charge >= 0.3 is 6.03 Å². The number of amides is 1. The van der Waals surface area contributed by atoms with Crippen LogP contribution >= 0.6 is 11.6 Å². The highest BCUT2D eigenvalue weighted by Crippen LogP contribution is 2.21. The number of carbonyl (C=O) groups excluding carboxylic acids is 1. The van der Waals surface area contributed by atoms with Crippen molar-refractivity contribution in [2.24, 2.45) is 0 Å². The van der Waals surface area contributed by atoms with Gasteiger partial charge in [-0.05, 0) is 30.7 Å². The minimum Gasteiger partial charge on any atom is -0.305 e. The number of aromatic nitrogens is 2. The summed E-state index contributed by atoms with van der Waals surface area (Å²) >= 11 is 6.03. The number of fused-ring (bicyclic) bond motifs is 1. The van der Waals surface area contributed by atoms with Gasteiger partial charge in [0, 0.05) is 5.39 Å². The summed E-state index contributed by atoms with van der Waals surface area (Å²) in [5.41, 5.74) is 2.41. The van der Waals surface area contributed by atoms with Gasteiger partial charge in [-0.25, -0.2) is 4.79 Å². The number of nitrogens with one attached hydrogen (secondary N) is 1. The molecule has 0 radical (unpaired) electrons. The van der Waals surface area contributed by atoms with Crippen LogP contribution in [0.5, 0.6) is 0 Å². The Bertz CT molecular complexity index is 795. The van der Waals surface area contributed by atoms with Gasteiger partial charge in [-0.2, -0.15) is 9.78 Å². The number of carbonyl (C=O) groups is 1. The molecule has 0 unspecified atom stereocenters. The van der Waals surface area contributed by atoms with Crippen molar-refractivity contribution < 1.29 is 4.79 Å². The van der Waals surface area contributed by atoms with Crippen molar-refractivity contribution in [3.05, 3.63) is 59.2 Å². The van der Waals surface area contributed by atoms with Gasteiger partial charge in [0.15, 0.2) is 0 Å². The Morgan fingerprint density at radius 2 is 2.05 bits per heavy atom. The molecule has 0 atom stereocenters. The summed E-state index contributed by atoms with van der Waals surface area (Å²) in [6.45, 7) is 1.97. The molecule has 20 heavy (non-hydrogen) atoms. The third-order valence-electron chi connectivity index (χ3n) is 3.03. The largest absolute Gasteiger partial charge is 0.347 e. The fraction of sp³-hybridized carbons (Fsp3) is 0.0667. The number of para-hydroxylation sites is 1. The smallest absolute Gasteiger partial charge is 0.305 e. The minimum absolute atomic E-state index is 0.335. The Morgan fingerprint density at radius 3 is 2.85 bits per heavy atom. The molecule has 0 aliphatic rings. The zero-order valence-corrected chi connectivity index (χ0v) is 11.6. The van der Waals surface area contributed by atoms with Crippen LogP contribution in [-0.4, -0.2) is 15.8 Å². The van der Waals surface area contributed by atoms with E-state index in [1.165, 1.54) is 4.68 Å². The fourth-order valence-electron chi connectivity index (χ4n) is 2.02. The molecule has 2 aromatic carbocycles. The third-order valence-corrected chi connectivity index (χ3v) is 3.36. The zero-order valence-electron chi connectivity index (χ0n) is 10.8. The van der Waals surface area contributed by atoms with Crippen LogP contribution in [0.15, 0.2) is 48.7 Å². The van der Waals surface area contributed by atoms with E-state index in [-0.39, 0.29) is 6.03 Å². The van der Waals surface area contributed by atoms with E-state index in [9.17, 15) is 4.79 Å². The summed E-state index contributed by atoms with van der Waals surface area (Å²) in [5, 5.41) is 8.29. The summed E-state index contributed by atoms with van der Waals surface area (Å²) in [7, 11) is 0. The summed E-state index contributed by atoms with van der Waals surface area (Å²) in [5.74, 6) is 0. The lowest BCUT2D eigenvalue weighted by Gasteiger charge is -2.07. The fourth-order valence-corrected chi connectivity index (χ4v) is 2.20. The number of nitrogens with zero attached hydrogens (tertiary/aromatic N) is 2. The van der Waals surface area contributed by atoms with Gasteiger partial charge in [-0.1, -0.05) is 35.9 Å². The van der Waals surface area contributed by atoms with Crippen molar-refractivity contribution in [2.75, 3.05) is 5.32 Å². The molecule has 1 heterocycles. The van der Waals surface area contributed by atoms with Crippen LogP contribution in [-0.2, 0) is 0 Å². The molecule has 3 rings (SSSR count). The number of hydrogen-bond acceptors (Lipinski definition) is 2. The average molecular weight is 286 g/mol. The van der Waals surface area contributed by atoms with E-state index in [2.05, 4.69) is 10.4 Å². The van der Waals surface area contributed by atoms with Gasteiger partial charge in [-0.15, -0.1) is 0 Å². The van der Waals surface area contributed by atoms with Crippen molar-refractivity contribution in [1.29, 1.82) is 0 Å². The van der Waals surface area contributed by atoms with Gasteiger partial charge in [0.05, 0.1) is 22.4 Å². The molecule has 0 bridgehead atoms. The molecule has 0 aliphatic heterocycles. The predicted molar refractivity (Wildman–Crippen MR) is 80.3 cm³/mol. The van der Waals surface area contributed by atoms with Crippen LogP contribution in [0.4, 0.5) is 10.5 Å². The van der Waals surface area contributed by atoms with Gasteiger partial charge < -0.3 is 5.32 Å². The first-order chi connectivity index (χ1) is 9.65. The van der Waals surface area contributed by atoms with Crippen LogP contribution in [0.2, 0.25) is 5.02 Å². The van der Waals surface area contributed by atoms with Crippen molar-refractivity contribution >= 4 is 34.2 Å². The number of aryl methyl sites for hydroxylation is 1. The Morgan fingerprint density at radius 1 is 1.25 bits per heavy atom.